The zero-order chi connectivity index (χ0) is 16.5. The Kier molecular flexibility index (Phi) is 6.43. The van der Waals surface area contributed by atoms with Gasteiger partial charge >= 0.3 is 0 Å². The largest absolute Gasteiger partial charge is 0.467 e. The number of nitrogens with one attached hydrogen (secondary N) is 2. The quantitative estimate of drug-likeness (QED) is 0.686. The van der Waals surface area contributed by atoms with E-state index in [4.69, 9.17) is 13.6 Å². The maximum atomic E-state index is 11.9. The summed E-state index contributed by atoms with van der Waals surface area (Å²) in [6.45, 7) is 3.01. The van der Waals surface area contributed by atoms with Crippen LogP contribution in [0.1, 0.15) is 29.7 Å². The van der Waals surface area contributed by atoms with Gasteiger partial charge in [0.2, 0.25) is 5.91 Å². The highest BCUT2D eigenvalue weighted by atomic mass is 16.5. The topological polar surface area (TPSA) is 93.7 Å². The van der Waals surface area contributed by atoms with Gasteiger partial charge in [-0.05, 0) is 37.6 Å². The van der Waals surface area contributed by atoms with E-state index >= 15 is 0 Å². The highest BCUT2D eigenvalue weighted by Gasteiger charge is 2.17. The van der Waals surface area contributed by atoms with Gasteiger partial charge in [-0.2, -0.15) is 0 Å². The van der Waals surface area contributed by atoms with Gasteiger partial charge in [0.15, 0.2) is 5.76 Å². The molecule has 2 aromatic heterocycles. The SMILES string of the molecule is CC(NC(=O)c1ccco1)C(=O)NCCCOCc1ccco1. The molecule has 0 saturated heterocycles. The molecule has 0 saturated carbocycles. The smallest absolute Gasteiger partial charge is 0.287 e. The molecule has 0 spiro atoms. The number of amides is 2. The van der Waals surface area contributed by atoms with Crippen LogP contribution in [0.2, 0.25) is 0 Å². The van der Waals surface area contributed by atoms with Crippen molar-refractivity contribution in [1.82, 2.24) is 10.6 Å². The lowest BCUT2D eigenvalue weighted by Gasteiger charge is -2.13. The lowest BCUT2D eigenvalue weighted by molar-refractivity contribution is -0.122. The van der Waals surface area contributed by atoms with E-state index in [9.17, 15) is 9.59 Å². The van der Waals surface area contributed by atoms with Crippen LogP contribution in [0.25, 0.3) is 0 Å². The van der Waals surface area contributed by atoms with E-state index in [1.807, 2.05) is 6.07 Å². The van der Waals surface area contributed by atoms with Crippen LogP contribution >= 0.6 is 0 Å². The summed E-state index contributed by atoms with van der Waals surface area (Å²) in [5.74, 6) is 0.273. The first-order valence-corrected chi connectivity index (χ1v) is 7.39. The van der Waals surface area contributed by atoms with Gasteiger partial charge in [0.25, 0.3) is 5.91 Å². The first-order valence-electron chi connectivity index (χ1n) is 7.39. The summed E-state index contributed by atoms with van der Waals surface area (Å²) < 4.78 is 15.5. The Morgan fingerprint density at radius 2 is 2.00 bits per heavy atom. The summed E-state index contributed by atoms with van der Waals surface area (Å²) in [5, 5.41) is 5.30. The lowest BCUT2D eigenvalue weighted by atomic mass is 10.3. The second-order valence-corrected chi connectivity index (χ2v) is 4.95. The van der Waals surface area contributed by atoms with Gasteiger partial charge in [-0.25, -0.2) is 0 Å². The fraction of sp³-hybridized carbons (Fsp3) is 0.375. The molecule has 0 fully saturated rings. The molecule has 1 atom stereocenters. The van der Waals surface area contributed by atoms with Crippen molar-refractivity contribution in [2.45, 2.75) is 26.0 Å². The molecule has 0 aliphatic rings. The number of carbonyl (C=O) groups is 2. The maximum absolute atomic E-state index is 11.9. The summed E-state index contributed by atoms with van der Waals surface area (Å²) in [4.78, 5) is 23.6. The van der Waals surface area contributed by atoms with E-state index in [1.54, 1.807) is 25.3 Å². The minimum absolute atomic E-state index is 0.177. The molecule has 0 radical (unpaired) electrons. The van der Waals surface area contributed by atoms with Crippen molar-refractivity contribution in [2.75, 3.05) is 13.2 Å². The lowest BCUT2D eigenvalue weighted by Crippen LogP contribution is -2.45. The second kappa shape index (κ2) is 8.79. The monoisotopic (exact) mass is 320 g/mol. The first kappa shape index (κ1) is 16.8. The number of ether oxygens (including phenoxy) is 1. The highest BCUT2D eigenvalue weighted by molar-refractivity contribution is 5.95. The fourth-order valence-electron chi connectivity index (χ4n) is 1.85. The van der Waals surface area contributed by atoms with Crippen LogP contribution in [0.15, 0.2) is 45.6 Å². The Morgan fingerprint density at radius 1 is 1.22 bits per heavy atom. The van der Waals surface area contributed by atoms with E-state index in [0.29, 0.717) is 26.2 Å². The van der Waals surface area contributed by atoms with Crippen molar-refractivity contribution in [3.8, 4) is 0 Å². The molecule has 7 nitrogen and oxygen atoms in total. The average molecular weight is 320 g/mol. The molecule has 0 aliphatic heterocycles. The van der Waals surface area contributed by atoms with Gasteiger partial charge in [-0.3, -0.25) is 9.59 Å². The standard InChI is InChI=1S/C16H20N2O5/c1-12(18-16(20)14-6-3-10-23-14)15(19)17-7-4-8-21-11-13-5-2-9-22-13/h2-3,5-6,9-10,12H,4,7-8,11H2,1H3,(H,17,19)(H,18,20). The molecule has 2 amide bonds. The van der Waals surface area contributed by atoms with Crippen molar-refractivity contribution >= 4 is 11.8 Å². The van der Waals surface area contributed by atoms with Crippen molar-refractivity contribution in [3.05, 3.63) is 48.3 Å². The number of hydrogen-bond acceptors (Lipinski definition) is 5. The van der Waals surface area contributed by atoms with Crippen LogP contribution in [0.5, 0.6) is 0 Å². The molecule has 7 heteroatoms. The van der Waals surface area contributed by atoms with Gasteiger partial charge < -0.3 is 24.2 Å². The number of carbonyl (C=O) groups excluding carboxylic acids is 2. The van der Waals surface area contributed by atoms with E-state index in [1.165, 1.54) is 12.3 Å². The zero-order valence-corrected chi connectivity index (χ0v) is 12.9. The van der Waals surface area contributed by atoms with Crippen LogP contribution in [0, 0.1) is 0 Å². The van der Waals surface area contributed by atoms with Crippen LogP contribution in [0.3, 0.4) is 0 Å². The predicted octanol–water partition coefficient (Wildman–Crippen LogP) is 1.71. The van der Waals surface area contributed by atoms with Gasteiger partial charge in [-0.1, -0.05) is 0 Å². The maximum Gasteiger partial charge on any atom is 0.287 e. The van der Waals surface area contributed by atoms with Crippen LogP contribution in [0.4, 0.5) is 0 Å². The molecule has 0 bridgehead atoms. The molecule has 23 heavy (non-hydrogen) atoms. The Bertz CT molecular complexity index is 592. The minimum atomic E-state index is -0.642. The summed E-state index contributed by atoms with van der Waals surface area (Å²) in [7, 11) is 0. The third kappa shape index (κ3) is 5.63. The molecule has 2 aromatic rings. The molecule has 1 unspecified atom stereocenters. The summed E-state index contributed by atoms with van der Waals surface area (Å²) in [5.41, 5.74) is 0. The van der Waals surface area contributed by atoms with Crippen molar-refractivity contribution < 1.29 is 23.2 Å². The van der Waals surface area contributed by atoms with Gasteiger partial charge in [0.05, 0.1) is 12.5 Å². The Morgan fingerprint density at radius 3 is 2.70 bits per heavy atom. The molecular formula is C16H20N2O5. The third-order valence-electron chi connectivity index (χ3n) is 3.07. The van der Waals surface area contributed by atoms with Gasteiger partial charge in [0, 0.05) is 13.2 Å². The number of rotatable bonds is 9. The molecule has 124 valence electrons. The summed E-state index contributed by atoms with van der Waals surface area (Å²) in [6.07, 6.45) is 3.67. The minimum Gasteiger partial charge on any atom is -0.467 e. The van der Waals surface area contributed by atoms with E-state index < -0.39 is 11.9 Å². The van der Waals surface area contributed by atoms with Crippen LogP contribution in [-0.2, 0) is 16.1 Å². The third-order valence-corrected chi connectivity index (χ3v) is 3.07. The zero-order valence-electron chi connectivity index (χ0n) is 12.9. The molecule has 0 aromatic carbocycles. The first-order chi connectivity index (χ1) is 11.2. The molecule has 2 N–H and O–H groups in total. The summed E-state index contributed by atoms with van der Waals surface area (Å²) >= 11 is 0. The Hall–Kier alpha value is -2.54. The van der Waals surface area contributed by atoms with Gasteiger partial charge in [-0.15, -0.1) is 0 Å². The molecular weight excluding hydrogens is 300 g/mol. The molecule has 0 aliphatic carbocycles. The van der Waals surface area contributed by atoms with Crippen molar-refractivity contribution in [3.63, 3.8) is 0 Å². The number of hydrogen-bond donors (Lipinski definition) is 2. The van der Waals surface area contributed by atoms with E-state index in [0.717, 1.165) is 5.76 Å². The highest BCUT2D eigenvalue weighted by Crippen LogP contribution is 2.02. The van der Waals surface area contributed by atoms with E-state index in [2.05, 4.69) is 10.6 Å². The predicted molar refractivity (Wildman–Crippen MR) is 81.6 cm³/mol. The Labute approximate surface area is 134 Å². The summed E-state index contributed by atoms with van der Waals surface area (Å²) in [6, 6.07) is 6.15. The fourth-order valence-corrected chi connectivity index (χ4v) is 1.85. The molecule has 2 heterocycles. The Balaban J connectivity index is 1.56. The van der Waals surface area contributed by atoms with Crippen molar-refractivity contribution in [2.24, 2.45) is 0 Å². The van der Waals surface area contributed by atoms with Crippen LogP contribution in [-0.4, -0.2) is 31.0 Å². The van der Waals surface area contributed by atoms with Gasteiger partial charge in [0.1, 0.15) is 18.4 Å². The van der Waals surface area contributed by atoms with Crippen LogP contribution < -0.4 is 10.6 Å². The van der Waals surface area contributed by atoms with E-state index in [-0.39, 0.29) is 11.7 Å². The second-order valence-electron chi connectivity index (χ2n) is 4.95. The normalized spacial score (nSPS) is 11.9. The average Bonchev–Trinajstić information content (AvgIpc) is 3.23. The van der Waals surface area contributed by atoms with Crippen molar-refractivity contribution in [1.29, 1.82) is 0 Å². The number of furan rings is 2. The molecule has 2 rings (SSSR count).